The van der Waals surface area contributed by atoms with Gasteiger partial charge in [-0.15, -0.1) is 0 Å². The third-order valence-corrected chi connectivity index (χ3v) is 12.2. The first-order valence-corrected chi connectivity index (χ1v) is 25.6. The van der Waals surface area contributed by atoms with E-state index in [0.717, 1.165) is 38.5 Å². The summed E-state index contributed by atoms with van der Waals surface area (Å²) in [6.07, 6.45) is 53.2. The van der Waals surface area contributed by atoms with E-state index in [1.54, 1.807) is 0 Å². The van der Waals surface area contributed by atoms with E-state index in [1.165, 1.54) is 212 Å². The molecule has 0 saturated carbocycles. The predicted molar refractivity (Wildman–Crippen MR) is 247 cm³/mol. The molecule has 0 aliphatic heterocycles. The third-order valence-electron chi connectivity index (χ3n) is 12.2. The second-order valence-corrected chi connectivity index (χ2v) is 17.9. The number of allylic oxidation sites excluding steroid dienone is 2. The zero-order valence-corrected chi connectivity index (χ0v) is 38.4. The second kappa shape index (κ2) is 46.1. The highest BCUT2D eigenvalue weighted by Gasteiger charge is 2.28. The topological polar surface area (TPSA) is 110 Å². The van der Waals surface area contributed by atoms with Crippen molar-refractivity contribution in [3.8, 4) is 0 Å². The molecule has 0 aliphatic rings. The summed E-state index contributed by atoms with van der Waals surface area (Å²) in [4.78, 5) is 12.5. The fourth-order valence-corrected chi connectivity index (χ4v) is 8.17. The lowest BCUT2D eigenvalue weighted by molar-refractivity contribution is -0.132. The highest BCUT2D eigenvalue weighted by atomic mass is 16.3. The highest BCUT2D eigenvalue weighted by Crippen LogP contribution is 2.17. The summed E-state index contributed by atoms with van der Waals surface area (Å²) in [5, 5.41) is 43.4. The zero-order valence-electron chi connectivity index (χ0n) is 38.4. The number of aliphatic hydroxyl groups is 4. The van der Waals surface area contributed by atoms with E-state index in [0.29, 0.717) is 12.8 Å². The molecule has 6 nitrogen and oxygen atoms in total. The molecule has 0 rings (SSSR count). The maximum Gasteiger partial charge on any atom is 0.249 e. The molecule has 0 fully saturated rings. The molecule has 0 aliphatic carbocycles. The zero-order chi connectivity index (χ0) is 41.7. The first kappa shape index (κ1) is 56.0. The lowest BCUT2D eigenvalue weighted by Gasteiger charge is -2.27. The number of hydrogen-bond acceptors (Lipinski definition) is 5. The van der Waals surface area contributed by atoms with Gasteiger partial charge in [-0.1, -0.05) is 251 Å². The van der Waals surface area contributed by atoms with Gasteiger partial charge in [0.2, 0.25) is 5.91 Å². The molecule has 0 aromatic carbocycles. The van der Waals surface area contributed by atoms with Crippen LogP contribution in [0.2, 0.25) is 0 Å². The minimum absolute atomic E-state index is 0.373. The number of carbonyl (C=O) groups is 1. The fraction of sp³-hybridized carbons (Fsp3) is 0.941. The monoisotopic (exact) mass is 808 g/mol. The lowest BCUT2D eigenvalue weighted by Crippen LogP contribution is -2.53. The molecule has 0 aromatic rings. The molecule has 5 N–H and O–H groups in total. The van der Waals surface area contributed by atoms with Crippen molar-refractivity contribution in [2.45, 2.75) is 301 Å². The Kier molecular flexibility index (Phi) is 45.4. The van der Waals surface area contributed by atoms with Gasteiger partial charge in [0.1, 0.15) is 12.2 Å². The Bertz CT molecular complexity index is 821. The Morgan fingerprint density at radius 2 is 0.702 bits per heavy atom. The van der Waals surface area contributed by atoms with E-state index in [2.05, 4.69) is 31.3 Å². The van der Waals surface area contributed by atoms with Crippen LogP contribution in [0.25, 0.3) is 0 Å². The van der Waals surface area contributed by atoms with E-state index in [4.69, 9.17) is 0 Å². The van der Waals surface area contributed by atoms with Crippen molar-refractivity contribution in [3.63, 3.8) is 0 Å². The van der Waals surface area contributed by atoms with Crippen molar-refractivity contribution in [1.82, 2.24) is 5.32 Å². The molecule has 0 bridgehead atoms. The molecular formula is C51H101NO5. The van der Waals surface area contributed by atoms with Crippen LogP contribution in [0.1, 0.15) is 277 Å². The highest BCUT2D eigenvalue weighted by molar-refractivity contribution is 5.80. The van der Waals surface area contributed by atoms with Crippen molar-refractivity contribution < 1.29 is 25.2 Å². The molecule has 340 valence electrons. The molecule has 0 heterocycles. The van der Waals surface area contributed by atoms with Gasteiger partial charge in [0.25, 0.3) is 0 Å². The quantitative estimate of drug-likeness (QED) is 0.0311. The molecule has 4 unspecified atom stereocenters. The van der Waals surface area contributed by atoms with Crippen LogP contribution in [0.3, 0.4) is 0 Å². The Labute approximate surface area is 355 Å². The molecular weight excluding hydrogens is 707 g/mol. The summed E-state index contributed by atoms with van der Waals surface area (Å²) < 4.78 is 0. The number of carbonyl (C=O) groups excluding carboxylic acids is 1. The second-order valence-electron chi connectivity index (χ2n) is 17.9. The standard InChI is InChI=1S/C51H101NO5/c1-3-5-7-9-11-12-13-14-15-16-17-18-19-20-21-22-23-24-25-26-27-28-29-30-31-32-33-34-35-36-37-39-41-43-45-49(55)51(57)52-47(46-53)50(56)48(54)44-42-40-38-10-8-6-4-2/h22-23,47-50,53-56H,3-21,24-46H2,1-2H3,(H,52,57)/b23-22-. The molecule has 57 heavy (non-hydrogen) atoms. The molecule has 1 amide bonds. The van der Waals surface area contributed by atoms with Gasteiger partial charge in [-0.25, -0.2) is 0 Å². The summed E-state index contributed by atoms with van der Waals surface area (Å²) >= 11 is 0. The van der Waals surface area contributed by atoms with Gasteiger partial charge < -0.3 is 25.7 Å². The molecule has 0 spiro atoms. The normalized spacial score (nSPS) is 14.0. The fourth-order valence-electron chi connectivity index (χ4n) is 8.17. The van der Waals surface area contributed by atoms with Crippen LogP contribution in [0, 0.1) is 0 Å². The lowest BCUT2D eigenvalue weighted by atomic mass is 9.99. The van der Waals surface area contributed by atoms with Crippen LogP contribution in [0.15, 0.2) is 12.2 Å². The van der Waals surface area contributed by atoms with E-state index in [9.17, 15) is 25.2 Å². The summed E-state index contributed by atoms with van der Waals surface area (Å²) in [6, 6.07) is -0.979. The Morgan fingerprint density at radius 1 is 0.421 bits per heavy atom. The van der Waals surface area contributed by atoms with Gasteiger partial charge in [0, 0.05) is 0 Å². The van der Waals surface area contributed by atoms with E-state index in [-0.39, 0.29) is 0 Å². The van der Waals surface area contributed by atoms with Crippen LogP contribution >= 0.6 is 0 Å². The van der Waals surface area contributed by atoms with Crippen LogP contribution in [0.4, 0.5) is 0 Å². The molecule has 0 saturated heterocycles. The van der Waals surface area contributed by atoms with Crippen molar-refractivity contribution in [2.24, 2.45) is 0 Å². The number of rotatable bonds is 47. The van der Waals surface area contributed by atoms with Crippen molar-refractivity contribution in [2.75, 3.05) is 6.61 Å². The van der Waals surface area contributed by atoms with Gasteiger partial charge >= 0.3 is 0 Å². The van der Waals surface area contributed by atoms with Gasteiger partial charge in [0.15, 0.2) is 0 Å². The summed E-state index contributed by atoms with van der Waals surface area (Å²) in [5.74, 6) is -0.583. The van der Waals surface area contributed by atoms with Crippen LogP contribution in [-0.2, 0) is 4.79 Å². The predicted octanol–water partition coefficient (Wildman–Crippen LogP) is 14.1. The number of amides is 1. The first-order chi connectivity index (χ1) is 28.0. The Balaban J connectivity index is 3.47. The van der Waals surface area contributed by atoms with E-state index >= 15 is 0 Å². The maximum absolute atomic E-state index is 12.5. The summed E-state index contributed by atoms with van der Waals surface area (Å²) in [5.41, 5.74) is 0. The SMILES string of the molecule is CCCCCCCCCCCCCCCC/C=C\CCCCCCCCCCCCCCCCCCC(O)C(=O)NC(CO)C(O)C(O)CCCCCCCCC. The van der Waals surface area contributed by atoms with Crippen LogP contribution < -0.4 is 5.32 Å². The minimum Gasteiger partial charge on any atom is -0.394 e. The average Bonchev–Trinajstić information content (AvgIpc) is 3.22. The van der Waals surface area contributed by atoms with Gasteiger partial charge in [0.05, 0.1) is 18.8 Å². The minimum atomic E-state index is -1.25. The van der Waals surface area contributed by atoms with Crippen molar-refractivity contribution >= 4 is 5.91 Å². The van der Waals surface area contributed by atoms with Crippen LogP contribution in [-0.4, -0.2) is 57.3 Å². The summed E-state index contributed by atoms with van der Waals surface area (Å²) in [7, 11) is 0. The van der Waals surface area contributed by atoms with Gasteiger partial charge in [-0.2, -0.15) is 0 Å². The molecule has 4 atom stereocenters. The van der Waals surface area contributed by atoms with Crippen LogP contribution in [0.5, 0.6) is 0 Å². The van der Waals surface area contributed by atoms with Gasteiger partial charge in [-0.05, 0) is 38.5 Å². The van der Waals surface area contributed by atoms with Gasteiger partial charge in [-0.3, -0.25) is 4.79 Å². The largest absolute Gasteiger partial charge is 0.394 e. The molecule has 0 aromatic heterocycles. The van der Waals surface area contributed by atoms with E-state index in [1.807, 2.05) is 0 Å². The number of hydrogen-bond donors (Lipinski definition) is 5. The molecule has 6 heteroatoms. The first-order valence-electron chi connectivity index (χ1n) is 25.6. The van der Waals surface area contributed by atoms with E-state index < -0.39 is 36.9 Å². The van der Waals surface area contributed by atoms with Crippen molar-refractivity contribution in [1.29, 1.82) is 0 Å². The smallest absolute Gasteiger partial charge is 0.249 e. The molecule has 0 radical (unpaired) electrons. The number of unbranched alkanes of at least 4 members (excludes halogenated alkanes) is 36. The third kappa shape index (κ3) is 40.2. The maximum atomic E-state index is 12.5. The summed E-state index contributed by atoms with van der Waals surface area (Å²) in [6.45, 7) is 4.01. The number of aliphatic hydroxyl groups excluding tert-OH is 4. The average molecular weight is 808 g/mol. The van der Waals surface area contributed by atoms with Crippen molar-refractivity contribution in [3.05, 3.63) is 12.2 Å². The Hall–Kier alpha value is -0.950. The number of nitrogens with one attached hydrogen (secondary N) is 1. The Morgan fingerprint density at radius 3 is 1.02 bits per heavy atom.